The molecular weight excluding hydrogens is 228 g/mol. The van der Waals surface area contributed by atoms with E-state index in [-0.39, 0.29) is 11.6 Å². The van der Waals surface area contributed by atoms with Crippen molar-refractivity contribution in [1.82, 2.24) is 15.1 Å². The van der Waals surface area contributed by atoms with Crippen LogP contribution in [-0.4, -0.2) is 28.7 Å². The molecule has 0 amide bonds. The lowest BCUT2D eigenvalue weighted by Crippen LogP contribution is -2.32. The summed E-state index contributed by atoms with van der Waals surface area (Å²) in [5, 5.41) is 13.1. The lowest BCUT2D eigenvalue weighted by molar-refractivity contribution is 0.288. The molecule has 4 rings (SSSR count). The first-order chi connectivity index (χ1) is 8.74. The number of hydrogen-bond acceptors (Lipinski definition) is 5. The second-order valence-electron chi connectivity index (χ2n) is 4.99. The second-order valence-corrected chi connectivity index (χ2v) is 4.99. The standard InChI is InChI=1S/C13H12N4O/c1-17-5-9-12-10(6-17)15-16-13(18)7-3-2-4-8(14-9)11(7)12/h2-4,9,14H,5-6H2,1H3. The number of anilines is 1. The van der Waals surface area contributed by atoms with Gasteiger partial charge in [0.05, 0.1) is 17.1 Å². The fourth-order valence-electron chi connectivity index (χ4n) is 3.02. The van der Waals surface area contributed by atoms with Gasteiger partial charge in [0.2, 0.25) is 0 Å². The molecule has 0 saturated heterocycles. The van der Waals surface area contributed by atoms with Crippen LogP contribution in [0.1, 0.15) is 17.3 Å². The van der Waals surface area contributed by atoms with Crippen LogP contribution in [0.15, 0.2) is 23.0 Å². The summed E-state index contributed by atoms with van der Waals surface area (Å²) in [6.45, 7) is 1.68. The third kappa shape index (κ3) is 1.17. The molecule has 1 aromatic heterocycles. The molecule has 1 unspecified atom stereocenters. The van der Waals surface area contributed by atoms with Gasteiger partial charge in [0.1, 0.15) is 0 Å². The average Bonchev–Trinajstić information content (AvgIpc) is 2.65. The Balaban J connectivity index is 2.22. The fourth-order valence-corrected chi connectivity index (χ4v) is 3.02. The Hall–Kier alpha value is -2.01. The average molecular weight is 240 g/mol. The summed E-state index contributed by atoms with van der Waals surface area (Å²) in [7, 11) is 2.05. The van der Waals surface area contributed by atoms with Gasteiger partial charge in [0.25, 0.3) is 5.56 Å². The van der Waals surface area contributed by atoms with E-state index >= 15 is 0 Å². The normalized spacial score (nSPS) is 21.1. The van der Waals surface area contributed by atoms with Crippen LogP contribution in [0.2, 0.25) is 0 Å². The fraction of sp³-hybridized carbons (Fsp3) is 0.308. The van der Waals surface area contributed by atoms with Crippen molar-refractivity contribution in [3.8, 4) is 0 Å². The molecule has 0 bridgehead atoms. The zero-order chi connectivity index (χ0) is 12.3. The molecule has 0 aliphatic carbocycles. The Kier molecular flexibility index (Phi) is 1.81. The zero-order valence-corrected chi connectivity index (χ0v) is 9.97. The number of nitrogens with zero attached hydrogens (tertiary/aromatic N) is 3. The molecule has 3 heterocycles. The van der Waals surface area contributed by atoms with Crippen molar-refractivity contribution in [3.63, 3.8) is 0 Å². The van der Waals surface area contributed by atoms with E-state index in [2.05, 4.69) is 27.5 Å². The Bertz CT molecular complexity index is 728. The minimum atomic E-state index is -0.244. The van der Waals surface area contributed by atoms with Gasteiger partial charge in [-0.1, -0.05) is 6.07 Å². The van der Waals surface area contributed by atoms with Crippen LogP contribution in [0.4, 0.5) is 5.69 Å². The number of nitrogens with one attached hydrogen (secondary N) is 1. The summed E-state index contributed by atoms with van der Waals surface area (Å²) in [5.74, 6) is 0. The molecule has 1 aromatic carbocycles. The molecule has 0 spiro atoms. The molecule has 1 N–H and O–H groups in total. The summed E-state index contributed by atoms with van der Waals surface area (Å²) in [6, 6.07) is 5.96. The van der Waals surface area contributed by atoms with Crippen molar-refractivity contribution in [1.29, 1.82) is 0 Å². The minimum Gasteiger partial charge on any atom is -0.376 e. The van der Waals surface area contributed by atoms with Crippen molar-refractivity contribution in [2.24, 2.45) is 0 Å². The summed E-state index contributed by atoms with van der Waals surface area (Å²) in [6.07, 6.45) is 0. The van der Waals surface area contributed by atoms with E-state index in [1.807, 2.05) is 18.2 Å². The zero-order valence-electron chi connectivity index (χ0n) is 9.97. The smallest absolute Gasteiger partial charge is 0.296 e. The SMILES string of the molecule is CN1Cc2nnc(=O)c3cccc4c3c2C(C1)N4. The number of hydrogen-bond donors (Lipinski definition) is 1. The largest absolute Gasteiger partial charge is 0.376 e. The molecule has 2 aliphatic rings. The van der Waals surface area contributed by atoms with E-state index in [4.69, 9.17) is 0 Å². The van der Waals surface area contributed by atoms with Gasteiger partial charge in [-0.2, -0.15) is 0 Å². The van der Waals surface area contributed by atoms with Crippen LogP contribution in [0.5, 0.6) is 0 Å². The van der Waals surface area contributed by atoms with E-state index < -0.39 is 0 Å². The van der Waals surface area contributed by atoms with Crippen molar-refractivity contribution >= 4 is 16.5 Å². The second kappa shape index (κ2) is 3.26. The van der Waals surface area contributed by atoms with Gasteiger partial charge in [-0.3, -0.25) is 9.69 Å². The predicted octanol–water partition coefficient (Wildman–Crippen LogP) is 0.902. The Morgan fingerprint density at radius 2 is 2.28 bits per heavy atom. The van der Waals surface area contributed by atoms with E-state index in [9.17, 15) is 4.79 Å². The number of benzene rings is 1. The highest BCUT2D eigenvalue weighted by atomic mass is 16.1. The first-order valence-electron chi connectivity index (χ1n) is 6.01. The summed E-state index contributed by atoms with van der Waals surface area (Å²) in [5.41, 5.74) is 2.86. The van der Waals surface area contributed by atoms with Gasteiger partial charge in [0, 0.05) is 29.7 Å². The number of aromatic nitrogens is 2. The van der Waals surface area contributed by atoms with Gasteiger partial charge in [-0.25, -0.2) is 0 Å². The van der Waals surface area contributed by atoms with Crippen LogP contribution < -0.4 is 10.9 Å². The van der Waals surface area contributed by atoms with Gasteiger partial charge >= 0.3 is 0 Å². The molecule has 2 aliphatic heterocycles. The monoisotopic (exact) mass is 240 g/mol. The maximum absolute atomic E-state index is 12.0. The molecule has 0 saturated carbocycles. The summed E-state index contributed by atoms with van der Waals surface area (Å²) < 4.78 is 0. The van der Waals surface area contributed by atoms with Crippen LogP contribution in [0, 0.1) is 0 Å². The topological polar surface area (TPSA) is 58.1 Å². The predicted molar refractivity (Wildman–Crippen MR) is 68.5 cm³/mol. The molecule has 5 heteroatoms. The van der Waals surface area contributed by atoms with Crippen molar-refractivity contribution in [2.45, 2.75) is 12.6 Å². The first-order valence-corrected chi connectivity index (χ1v) is 6.01. The third-order valence-corrected chi connectivity index (χ3v) is 3.73. The molecule has 0 radical (unpaired) electrons. The van der Waals surface area contributed by atoms with Crippen molar-refractivity contribution in [3.05, 3.63) is 39.8 Å². The first kappa shape index (κ1) is 9.96. The van der Waals surface area contributed by atoms with Crippen LogP contribution in [0.25, 0.3) is 10.8 Å². The lowest BCUT2D eigenvalue weighted by Gasteiger charge is -2.27. The molecular formula is C13H12N4O. The Morgan fingerprint density at radius 3 is 3.17 bits per heavy atom. The van der Waals surface area contributed by atoms with Gasteiger partial charge < -0.3 is 5.32 Å². The Labute approximate surface area is 103 Å². The summed E-state index contributed by atoms with van der Waals surface area (Å²) >= 11 is 0. The highest BCUT2D eigenvalue weighted by Gasteiger charge is 2.32. The minimum absolute atomic E-state index is 0.222. The van der Waals surface area contributed by atoms with Crippen LogP contribution >= 0.6 is 0 Å². The lowest BCUT2D eigenvalue weighted by atomic mass is 9.99. The number of likely N-dealkylation sites (N-methyl/N-ethyl adjacent to an activating group) is 1. The van der Waals surface area contributed by atoms with E-state index in [0.717, 1.165) is 35.4 Å². The highest BCUT2D eigenvalue weighted by Crippen LogP contribution is 2.41. The summed E-state index contributed by atoms with van der Waals surface area (Å²) in [4.78, 5) is 14.2. The molecule has 5 nitrogen and oxygen atoms in total. The maximum Gasteiger partial charge on any atom is 0.296 e. The quantitative estimate of drug-likeness (QED) is 0.741. The third-order valence-electron chi connectivity index (χ3n) is 3.73. The molecule has 0 fully saturated rings. The van der Waals surface area contributed by atoms with Crippen LogP contribution in [0.3, 0.4) is 0 Å². The van der Waals surface area contributed by atoms with E-state index in [1.54, 1.807) is 0 Å². The molecule has 90 valence electrons. The van der Waals surface area contributed by atoms with Crippen molar-refractivity contribution < 1.29 is 0 Å². The van der Waals surface area contributed by atoms with Gasteiger partial charge in [-0.15, -0.1) is 10.2 Å². The van der Waals surface area contributed by atoms with Crippen LogP contribution in [-0.2, 0) is 6.54 Å². The number of rotatable bonds is 0. The van der Waals surface area contributed by atoms with Gasteiger partial charge in [-0.05, 0) is 19.2 Å². The van der Waals surface area contributed by atoms with E-state index in [0.29, 0.717) is 5.39 Å². The molecule has 18 heavy (non-hydrogen) atoms. The molecule has 2 aromatic rings. The molecule has 1 atom stereocenters. The van der Waals surface area contributed by atoms with Gasteiger partial charge in [0.15, 0.2) is 0 Å². The van der Waals surface area contributed by atoms with Crippen molar-refractivity contribution in [2.75, 3.05) is 18.9 Å². The van der Waals surface area contributed by atoms with E-state index in [1.165, 1.54) is 0 Å². The highest BCUT2D eigenvalue weighted by molar-refractivity contribution is 5.99. The maximum atomic E-state index is 12.0. The Morgan fingerprint density at radius 1 is 1.39 bits per heavy atom.